The van der Waals surface area contributed by atoms with E-state index in [0.717, 1.165) is 11.1 Å². The molecule has 1 aliphatic heterocycles. The summed E-state index contributed by atoms with van der Waals surface area (Å²) in [5.74, 6) is -2.99. The number of amides is 1. The number of rotatable bonds is 8. The van der Waals surface area contributed by atoms with Gasteiger partial charge in [-0.2, -0.15) is 0 Å². The normalized spacial score (nSPS) is 19.8. The molecule has 2 unspecified atom stereocenters. The lowest BCUT2D eigenvalue weighted by Gasteiger charge is -2.26. The summed E-state index contributed by atoms with van der Waals surface area (Å²) in [6, 6.07) is 6.34. The Morgan fingerprint density at radius 1 is 1.34 bits per heavy atom. The van der Waals surface area contributed by atoms with Gasteiger partial charge in [0.15, 0.2) is 5.78 Å². The fourth-order valence-electron chi connectivity index (χ4n) is 3.07. The first-order valence-electron chi connectivity index (χ1n) is 9.50. The highest BCUT2D eigenvalue weighted by molar-refractivity contribution is 6.06. The number of hydrogen-bond acceptors (Lipinski definition) is 5. The molecule has 0 radical (unpaired) electrons. The van der Waals surface area contributed by atoms with Crippen LogP contribution in [0.2, 0.25) is 0 Å². The number of halogens is 1. The highest BCUT2D eigenvalue weighted by Gasteiger charge is 2.46. The number of nitrogens with zero attached hydrogens (tertiary/aromatic N) is 1. The van der Waals surface area contributed by atoms with E-state index in [0.29, 0.717) is 5.71 Å². The van der Waals surface area contributed by atoms with Crippen molar-refractivity contribution in [2.45, 2.75) is 64.0 Å². The molecule has 2 atom stereocenters. The van der Waals surface area contributed by atoms with E-state index >= 15 is 0 Å². The summed E-state index contributed by atoms with van der Waals surface area (Å²) in [5, 5.41) is 15.4. The van der Waals surface area contributed by atoms with E-state index in [9.17, 15) is 18.8 Å². The van der Waals surface area contributed by atoms with E-state index < -0.39 is 42.4 Å². The van der Waals surface area contributed by atoms with Gasteiger partial charge in [0.25, 0.3) is 5.91 Å². The van der Waals surface area contributed by atoms with Crippen LogP contribution in [0.25, 0.3) is 0 Å². The largest absolute Gasteiger partial charge is 0.481 e. The number of alkyl halides is 1. The van der Waals surface area contributed by atoms with Crippen LogP contribution < -0.4 is 5.32 Å². The van der Waals surface area contributed by atoms with E-state index in [-0.39, 0.29) is 18.3 Å². The van der Waals surface area contributed by atoms with Gasteiger partial charge in [0.2, 0.25) is 5.60 Å². The van der Waals surface area contributed by atoms with Crippen molar-refractivity contribution in [1.82, 2.24) is 5.32 Å². The van der Waals surface area contributed by atoms with Crippen LogP contribution in [0.5, 0.6) is 0 Å². The molecule has 158 valence electrons. The molecular formula is C21H27FN2O5. The number of nitrogens with one attached hydrogen (secondary N) is 1. The smallest absolute Gasteiger partial charge is 0.305 e. The molecule has 0 bridgehead atoms. The van der Waals surface area contributed by atoms with Gasteiger partial charge in [0.05, 0.1) is 12.1 Å². The third-order valence-electron chi connectivity index (χ3n) is 5.03. The standard InChI is InChI=1S/C21H27FN2O5/c1-5-21(19(28)23-15(10-18(26)27)17(25)12-22)11-16(24-29-21)13-7-6-8-14(9-13)20(2,3)4/h6-9,15H,5,10-12H2,1-4H3,(H,23,28)(H,26,27). The van der Waals surface area contributed by atoms with Crippen LogP contribution in [0.15, 0.2) is 29.4 Å². The van der Waals surface area contributed by atoms with Crippen molar-refractivity contribution in [2.24, 2.45) is 5.16 Å². The summed E-state index contributed by atoms with van der Waals surface area (Å²) in [4.78, 5) is 41.0. The van der Waals surface area contributed by atoms with Crippen LogP contribution >= 0.6 is 0 Å². The molecule has 0 fully saturated rings. The van der Waals surface area contributed by atoms with E-state index in [1.54, 1.807) is 6.92 Å². The average Bonchev–Trinajstić information content (AvgIpc) is 3.12. The molecule has 0 saturated carbocycles. The summed E-state index contributed by atoms with van der Waals surface area (Å²) >= 11 is 0. The van der Waals surface area contributed by atoms with Crippen molar-refractivity contribution in [2.75, 3.05) is 6.67 Å². The number of carbonyl (C=O) groups is 3. The van der Waals surface area contributed by atoms with Crippen LogP contribution in [-0.2, 0) is 24.6 Å². The third kappa shape index (κ3) is 5.19. The Hall–Kier alpha value is -2.77. The number of carboxylic acids is 1. The van der Waals surface area contributed by atoms with Crippen LogP contribution in [0, 0.1) is 0 Å². The van der Waals surface area contributed by atoms with Crippen molar-refractivity contribution in [3.63, 3.8) is 0 Å². The minimum Gasteiger partial charge on any atom is -0.481 e. The van der Waals surface area contributed by atoms with Crippen molar-refractivity contribution in [3.8, 4) is 0 Å². The van der Waals surface area contributed by atoms with Crippen molar-refractivity contribution < 1.29 is 28.7 Å². The van der Waals surface area contributed by atoms with Crippen LogP contribution in [0.3, 0.4) is 0 Å². The summed E-state index contributed by atoms with van der Waals surface area (Å²) in [7, 11) is 0. The molecule has 7 nitrogen and oxygen atoms in total. The third-order valence-corrected chi connectivity index (χ3v) is 5.03. The number of ketones is 1. The van der Waals surface area contributed by atoms with E-state index in [1.165, 1.54) is 0 Å². The maximum Gasteiger partial charge on any atom is 0.305 e. The highest BCUT2D eigenvalue weighted by Crippen LogP contribution is 2.32. The topological polar surface area (TPSA) is 105 Å². The number of hydrogen-bond donors (Lipinski definition) is 2. The molecule has 1 amide bonds. The number of carboxylic acid groups (broad SMARTS) is 1. The van der Waals surface area contributed by atoms with Crippen molar-refractivity contribution >= 4 is 23.4 Å². The second kappa shape index (κ2) is 8.71. The van der Waals surface area contributed by atoms with Crippen LogP contribution in [0.4, 0.5) is 4.39 Å². The Labute approximate surface area is 169 Å². The van der Waals surface area contributed by atoms with Gasteiger partial charge in [0, 0.05) is 6.42 Å². The lowest BCUT2D eigenvalue weighted by Crippen LogP contribution is -2.53. The van der Waals surface area contributed by atoms with Gasteiger partial charge in [-0.1, -0.05) is 51.0 Å². The molecule has 1 aromatic rings. The number of aliphatic carboxylic acids is 1. The van der Waals surface area contributed by atoms with Crippen LogP contribution in [0.1, 0.15) is 58.1 Å². The molecule has 1 aromatic carbocycles. The Morgan fingerprint density at radius 2 is 2.03 bits per heavy atom. The lowest BCUT2D eigenvalue weighted by molar-refractivity contribution is -0.148. The quantitative estimate of drug-likeness (QED) is 0.691. The van der Waals surface area contributed by atoms with Gasteiger partial charge in [0.1, 0.15) is 12.7 Å². The first-order valence-corrected chi connectivity index (χ1v) is 9.50. The first kappa shape index (κ1) is 22.5. The Kier molecular flexibility index (Phi) is 6.77. The Balaban J connectivity index is 2.20. The van der Waals surface area contributed by atoms with Crippen molar-refractivity contribution in [1.29, 1.82) is 0 Å². The maximum absolute atomic E-state index is 12.8. The SMILES string of the molecule is CCC1(C(=O)NC(CC(=O)O)C(=O)CF)CC(c2cccc(C(C)(C)C)c2)=NO1. The molecule has 0 aromatic heterocycles. The molecule has 8 heteroatoms. The van der Waals surface area contributed by atoms with Crippen molar-refractivity contribution in [3.05, 3.63) is 35.4 Å². The molecular weight excluding hydrogens is 379 g/mol. The fraction of sp³-hybridized carbons (Fsp3) is 0.524. The van der Waals surface area contributed by atoms with E-state index in [2.05, 4.69) is 31.2 Å². The zero-order valence-electron chi connectivity index (χ0n) is 17.1. The maximum atomic E-state index is 12.8. The molecule has 1 aliphatic rings. The monoisotopic (exact) mass is 406 g/mol. The predicted molar refractivity (Wildman–Crippen MR) is 106 cm³/mol. The molecule has 29 heavy (non-hydrogen) atoms. The van der Waals surface area contributed by atoms with Crippen LogP contribution in [-0.4, -0.2) is 46.8 Å². The van der Waals surface area contributed by atoms with Gasteiger partial charge < -0.3 is 15.3 Å². The lowest BCUT2D eigenvalue weighted by atomic mass is 9.84. The number of carbonyl (C=O) groups excluding carboxylic acids is 2. The molecule has 1 heterocycles. The predicted octanol–water partition coefficient (Wildman–Crippen LogP) is 2.76. The highest BCUT2D eigenvalue weighted by atomic mass is 19.1. The Bertz CT molecular complexity index is 831. The zero-order chi connectivity index (χ0) is 21.8. The first-order chi connectivity index (χ1) is 13.5. The fourth-order valence-corrected chi connectivity index (χ4v) is 3.07. The molecule has 0 saturated heterocycles. The Morgan fingerprint density at radius 3 is 2.59 bits per heavy atom. The minimum absolute atomic E-state index is 0.0635. The second-order valence-corrected chi connectivity index (χ2v) is 8.21. The number of oxime groups is 1. The van der Waals surface area contributed by atoms with Gasteiger partial charge in [-0.05, 0) is 29.0 Å². The zero-order valence-corrected chi connectivity index (χ0v) is 17.1. The number of Topliss-reactive ketones (excluding diaryl/α,β-unsaturated/α-hetero) is 1. The second-order valence-electron chi connectivity index (χ2n) is 8.21. The summed E-state index contributed by atoms with van der Waals surface area (Å²) in [6.07, 6.45) is -0.295. The van der Waals surface area contributed by atoms with E-state index in [1.807, 2.05) is 24.3 Å². The molecule has 2 rings (SSSR count). The summed E-state index contributed by atoms with van der Waals surface area (Å²) in [5.41, 5.74) is 1.07. The van der Waals surface area contributed by atoms with Gasteiger partial charge in [-0.25, -0.2) is 4.39 Å². The molecule has 2 N–H and O–H groups in total. The van der Waals surface area contributed by atoms with Gasteiger partial charge in [-0.15, -0.1) is 0 Å². The van der Waals surface area contributed by atoms with Gasteiger partial charge >= 0.3 is 5.97 Å². The average molecular weight is 406 g/mol. The summed E-state index contributed by atoms with van der Waals surface area (Å²) in [6.45, 7) is 6.64. The van der Waals surface area contributed by atoms with Gasteiger partial charge in [-0.3, -0.25) is 14.4 Å². The molecule has 0 spiro atoms. The minimum atomic E-state index is -1.45. The number of benzene rings is 1. The van der Waals surface area contributed by atoms with E-state index in [4.69, 9.17) is 9.94 Å². The molecule has 0 aliphatic carbocycles. The summed E-state index contributed by atoms with van der Waals surface area (Å²) < 4.78 is 12.8.